The van der Waals surface area contributed by atoms with Crippen LogP contribution in [0.4, 0.5) is 15.8 Å². The summed E-state index contributed by atoms with van der Waals surface area (Å²) in [6.45, 7) is 1.82. The number of carbonyl (C=O) groups is 2. The number of anilines is 2. The van der Waals surface area contributed by atoms with Crippen molar-refractivity contribution >= 4 is 35.0 Å². The summed E-state index contributed by atoms with van der Waals surface area (Å²) in [7, 11) is 1.76. The summed E-state index contributed by atoms with van der Waals surface area (Å²) in [4.78, 5) is 26.3. The van der Waals surface area contributed by atoms with E-state index in [2.05, 4.69) is 10.6 Å². The zero-order valence-electron chi connectivity index (χ0n) is 15.0. The molecule has 138 valence electrons. The average Bonchev–Trinajstić information content (AvgIpc) is 2.63. The van der Waals surface area contributed by atoms with Crippen molar-refractivity contribution in [3.63, 3.8) is 0 Å². The Kier molecular flexibility index (Phi) is 7.17. The fourth-order valence-corrected chi connectivity index (χ4v) is 2.93. The molecule has 0 fully saturated rings. The lowest BCUT2D eigenvalue weighted by atomic mass is 10.2. The van der Waals surface area contributed by atoms with Gasteiger partial charge in [-0.15, -0.1) is 11.8 Å². The normalized spacial score (nSPS) is 12.9. The molecule has 2 aromatic rings. The van der Waals surface area contributed by atoms with Crippen molar-refractivity contribution < 1.29 is 18.9 Å². The lowest BCUT2D eigenvalue weighted by Gasteiger charge is -2.21. The Morgan fingerprint density at radius 1 is 1.08 bits per heavy atom. The van der Waals surface area contributed by atoms with Crippen LogP contribution in [-0.2, 0) is 9.59 Å². The minimum Gasteiger partial charge on any atom is -0.320 e. The molecule has 26 heavy (non-hydrogen) atoms. The van der Waals surface area contributed by atoms with Gasteiger partial charge in [-0.2, -0.15) is 0 Å². The first-order valence-electron chi connectivity index (χ1n) is 8.23. The molecule has 7 heteroatoms. The number of rotatable bonds is 7. The molecule has 0 aliphatic heterocycles. The van der Waals surface area contributed by atoms with Crippen LogP contribution in [0.25, 0.3) is 0 Å². The van der Waals surface area contributed by atoms with Crippen LogP contribution in [0.1, 0.15) is 6.92 Å². The lowest BCUT2D eigenvalue weighted by molar-refractivity contribution is -0.885. The number of para-hydroxylation sites is 2. The summed E-state index contributed by atoms with van der Waals surface area (Å²) in [5, 5.41) is 5.43. The van der Waals surface area contributed by atoms with E-state index in [0.29, 0.717) is 4.90 Å². The monoisotopic (exact) mass is 376 g/mol. The molecule has 2 atom stereocenters. The van der Waals surface area contributed by atoms with Crippen LogP contribution in [0, 0.1) is 5.82 Å². The number of nitrogens with one attached hydrogen (secondary N) is 3. The first-order chi connectivity index (χ1) is 12.4. The van der Waals surface area contributed by atoms with Gasteiger partial charge in [0.1, 0.15) is 5.82 Å². The van der Waals surface area contributed by atoms with Crippen LogP contribution in [0.15, 0.2) is 53.4 Å². The zero-order valence-corrected chi connectivity index (χ0v) is 15.8. The predicted molar refractivity (Wildman–Crippen MR) is 103 cm³/mol. The van der Waals surface area contributed by atoms with E-state index < -0.39 is 11.9 Å². The van der Waals surface area contributed by atoms with Gasteiger partial charge in [0.05, 0.1) is 18.4 Å². The standard InChI is InChI=1S/C19H22FN3O2S/c1-13(19(25)22-15-9-5-4-8-14(15)20)23(2)12-18(24)21-16-10-6-7-11-17(16)26-3/h4-11,13H,12H2,1-3H3,(H,21,24)(H,22,25)/p+1/t13-/m1/s1. The topological polar surface area (TPSA) is 62.6 Å². The molecule has 2 amide bonds. The van der Waals surface area contributed by atoms with E-state index in [-0.39, 0.29) is 24.0 Å². The number of hydrogen-bond donors (Lipinski definition) is 3. The Morgan fingerprint density at radius 3 is 2.35 bits per heavy atom. The van der Waals surface area contributed by atoms with Crippen molar-refractivity contribution in [2.24, 2.45) is 0 Å². The van der Waals surface area contributed by atoms with E-state index in [1.807, 2.05) is 30.5 Å². The van der Waals surface area contributed by atoms with Crippen LogP contribution < -0.4 is 15.5 Å². The van der Waals surface area contributed by atoms with E-state index in [1.165, 1.54) is 12.1 Å². The van der Waals surface area contributed by atoms with Crippen molar-refractivity contribution in [2.75, 3.05) is 30.5 Å². The molecule has 0 radical (unpaired) electrons. The minimum absolute atomic E-state index is 0.120. The van der Waals surface area contributed by atoms with Crippen molar-refractivity contribution in [3.8, 4) is 0 Å². The van der Waals surface area contributed by atoms with Gasteiger partial charge >= 0.3 is 0 Å². The van der Waals surface area contributed by atoms with E-state index >= 15 is 0 Å². The van der Waals surface area contributed by atoms with E-state index in [0.717, 1.165) is 10.6 Å². The molecule has 5 nitrogen and oxygen atoms in total. The first-order valence-corrected chi connectivity index (χ1v) is 9.45. The van der Waals surface area contributed by atoms with Crippen LogP contribution in [-0.4, -0.2) is 37.7 Å². The van der Waals surface area contributed by atoms with Gasteiger partial charge in [-0.05, 0) is 37.4 Å². The number of hydrogen-bond acceptors (Lipinski definition) is 3. The number of likely N-dealkylation sites (N-methyl/N-ethyl adjacent to an activating group) is 1. The summed E-state index contributed by atoms with van der Waals surface area (Å²) in [6.07, 6.45) is 1.94. The highest BCUT2D eigenvalue weighted by Gasteiger charge is 2.24. The predicted octanol–water partition coefficient (Wildman–Crippen LogP) is 2.03. The molecule has 3 N–H and O–H groups in total. The second-order valence-corrected chi connectivity index (χ2v) is 6.81. The highest BCUT2D eigenvalue weighted by molar-refractivity contribution is 7.98. The average molecular weight is 376 g/mol. The molecule has 2 rings (SSSR count). The first kappa shape index (κ1) is 19.9. The second kappa shape index (κ2) is 9.35. The second-order valence-electron chi connectivity index (χ2n) is 5.96. The fourth-order valence-electron chi connectivity index (χ4n) is 2.38. The zero-order chi connectivity index (χ0) is 19.1. The van der Waals surface area contributed by atoms with Crippen LogP contribution in [0.3, 0.4) is 0 Å². The van der Waals surface area contributed by atoms with Gasteiger partial charge in [0.15, 0.2) is 12.6 Å². The molecule has 1 unspecified atom stereocenters. The Balaban J connectivity index is 1.93. The fraction of sp³-hybridized carbons (Fsp3) is 0.263. The number of amides is 2. The summed E-state index contributed by atoms with van der Waals surface area (Å²) >= 11 is 1.55. The molecule has 0 aliphatic rings. The molecule has 0 aliphatic carbocycles. The third kappa shape index (κ3) is 5.31. The minimum atomic E-state index is -0.517. The Hall–Kier alpha value is -2.38. The summed E-state index contributed by atoms with van der Waals surface area (Å²) in [5.74, 6) is -1.02. The number of halogens is 1. The SMILES string of the molecule is CSc1ccccc1NC(=O)C[NH+](C)[C@H](C)C(=O)Nc1ccccc1F. The van der Waals surface area contributed by atoms with Crippen molar-refractivity contribution in [1.82, 2.24) is 0 Å². The molecule has 0 heterocycles. The number of benzene rings is 2. The van der Waals surface area contributed by atoms with Gasteiger partial charge in [0.25, 0.3) is 11.8 Å². The molecule has 0 saturated carbocycles. The van der Waals surface area contributed by atoms with Gasteiger partial charge < -0.3 is 15.5 Å². The maximum Gasteiger partial charge on any atom is 0.282 e. The highest BCUT2D eigenvalue weighted by Crippen LogP contribution is 2.24. The van der Waals surface area contributed by atoms with Crippen LogP contribution in [0.5, 0.6) is 0 Å². The third-order valence-electron chi connectivity index (χ3n) is 4.08. The molecule has 0 spiro atoms. The lowest BCUT2D eigenvalue weighted by Crippen LogP contribution is -3.14. The van der Waals surface area contributed by atoms with Crippen molar-refractivity contribution in [3.05, 3.63) is 54.3 Å². The third-order valence-corrected chi connectivity index (χ3v) is 4.88. The summed E-state index contributed by atoms with van der Waals surface area (Å²) in [5.41, 5.74) is 0.886. The van der Waals surface area contributed by atoms with Gasteiger partial charge in [0.2, 0.25) is 0 Å². The van der Waals surface area contributed by atoms with Gasteiger partial charge in [0, 0.05) is 4.90 Å². The van der Waals surface area contributed by atoms with Crippen molar-refractivity contribution in [1.29, 1.82) is 0 Å². The van der Waals surface area contributed by atoms with E-state index in [4.69, 9.17) is 0 Å². The highest BCUT2D eigenvalue weighted by atomic mass is 32.2. The summed E-state index contributed by atoms with van der Waals surface area (Å²) < 4.78 is 13.7. The molecule has 0 saturated heterocycles. The molecule has 0 aromatic heterocycles. The molecule has 0 bridgehead atoms. The van der Waals surface area contributed by atoms with Gasteiger partial charge in [-0.25, -0.2) is 4.39 Å². The number of thioether (sulfide) groups is 1. The Labute approximate surface area is 157 Å². The number of quaternary nitrogens is 1. The quantitative estimate of drug-likeness (QED) is 0.648. The van der Waals surface area contributed by atoms with Crippen molar-refractivity contribution in [2.45, 2.75) is 17.9 Å². The Morgan fingerprint density at radius 2 is 1.69 bits per heavy atom. The maximum atomic E-state index is 13.7. The number of carbonyl (C=O) groups excluding carboxylic acids is 2. The van der Waals surface area contributed by atoms with Gasteiger partial charge in [-0.3, -0.25) is 9.59 Å². The Bertz CT molecular complexity index is 785. The van der Waals surface area contributed by atoms with Crippen LogP contribution >= 0.6 is 11.8 Å². The molecular weight excluding hydrogens is 353 g/mol. The van der Waals surface area contributed by atoms with E-state index in [9.17, 15) is 14.0 Å². The maximum absolute atomic E-state index is 13.7. The largest absolute Gasteiger partial charge is 0.320 e. The summed E-state index contributed by atoms with van der Waals surface area (Å²) in [6, 6.07) is 13.0. The van der Waals surface area contributed by atoms with Crippen LogP contribution in [0.2, 0.25) is 0 Å². The van der Waals surface area contributed by atoms with E-state index in [1.54, 1.807) is 37.9 Å². The smallest absolute Gasteiger partial charge is 0.282 e. The molecular formula is C19H23FN3O2S+. The molecule has 2 aromatic carbocycles. The van der Waals surface area contributed by atoms with Gasteiger partial charge in [-0.1, -0.05) is 24.3 Å².